The van der Waals surface area contributed by atoms with E-state index in [4.69, 9.17) is 0 Å². The van der Waals surface area contributed by atoms with Crippen LogP contribution in [0.5, 0.6) is 0 Å². The Morgan fingerprint density at radius 3 is 2.87 bits per heavy atom. The number of hydrogen-bond acceptors (Lipinski definition) is 2. The molecule has 0 aliphatic carbocycles. The average Bonchev–Trinajstić information content (AvgIpc) is 2.59. The van der Waals surface area contributed by atoms with Crippen LogP contribution in [0.25, 0.3) is 5.82 Å². The summed E-state index contributed by atoms with van der Waals surface area (Å²) in [7, 11) is 0. The Hall–Kier alpha value is -1.16. The summed E-state index contributed by atoms with van der Waals surface area (Å²) in [5.41, 5.74) is 2.42. The Bertz CT molecular complexity index is 476. The topological polar surface area (TPSA) is 30.7 Å². The molecule has 2 heterocycles. The van der Waals surface area contributed by atoms with Gasteiger partial charge in [-0.05, 0) is 47.0 Å². The average molecular weight is 266 g/mol. The van der Waals surface area contributed by atoms with Crippen molar-refractivity contribution in [1.29, 1.82) is 0 Å². The summed E-state index contributed by atoms with van der Waals surface area (Å²) >= 11 is 3.36. The highest BCUT2D eigenvalue weighted by atomic mass is 79.9. The van der Waals surface area contributed by atoms with E-state index in [1.807, 2.05) is 29.1 Å². The van der Waals surface area contributed by atoms with Crippen molar-refractivity contribution in [3.8, 4) is 5.82 Å². The minimum absolute atomic E-state index is 0.829. The normalized spacial score (nSPS) is 10.6. The molecule has 0 aromatic carbocycles. The second kappa shape index (κ2) is 4.14. The van der Waals surface area contributed by atoms with Crippen molar-refractivity contribution in [3.05, 3.63) is 40.3 Å². The van der Waals surface area contributed by atoms with Gasteiger partial charge < -0.3 is 0 Å². The number of rotatable bonds is 2. The van der Waals surface area contributed by atoms with Gasteiger partial charge in [0.15, 0.2) is 5.82 Å². The molecule has 3 nitrogen and oxygen atoms in total. The second-order valence-corrected chi connectivity index (χ2v) is 4.17. The van der Waals surface area contributed by atoms with E-state index in [1.165, 1.54) is 11.3 Å². The minimum atomic E-state index is 0.829. The third-order valence-corrected chi connectivity index (χ3v) is 2.77. The fraction of sp³-hybridized carbons (Fsp3) is 0.273. The highest BCUT2D eigenvalue weighted by molar-refractivity contribution is 9.10. The molecule has 78 valence electrons. The monoisotopic (exact) mass is 265 g/mol. The predicted molar refractivity (Wildman–Crippen MR) is 63.2 cm³/mol. The Morgan fingerprint density at radius 1 is 1.40 bits per heavy atom. The van der Waals surface area contributed by atoms with Gasteiger partial charge in [0.1, 0.15) is 4.60 Å². The van der Waals surface area contributed by atoms with Gasteiger partial charge >= 0.3 is 0 Å². The van der Waals surface area contributed by atoms with Crippen molar-refractivity contribution in [1.82, 2.24) is 14.8 Å². The van der Waals surface area contributed by atoms with Crippen molar-refractivity contribution in [2.75, 3.05) is 0 Å². The van der Waals surface area contributed by atoms with Crippen molar-refractivity contribution in [2.45, 2.75) is 20.3 Å². The van der Waals surface area contributed by atoms with Crippen LogP contribution in [0.4, 0.5) is 0 Å². The smallest absolute Gasteiger partial charge is 0.154 e. The zero-order valence-corrected chi connectivity index (χ0v) is 10.3. The van der Waals surface area contributed by atoms with Crippen LogP contribution >= 0.6 is 15.9 Å². The number of nitrogens with zero attached hydrogens (tertiary/aromatic N) is 3. The molecule has 0 bridgehead atoms. The third-order valence-electron chi connectivity index (χ3n) is 2.33. The van der Waals surface area contributed by atoms with E-state index in [9.17, 15) is 0 Å². The van der Waals surface area contributed by atoms with Gasteiger partial charge in [-0.15, -0.1) is 0 Å². The first kappa shape index (κ1) is 10.4. The maximum atomic E-state index is 4.38. The van der Waals surface area contributed by atoms with E-state index in [0.29, 0.717) is 0 Å². The third kappa shape index (κ3) is 1.95. The number of hydrogen-bond donors (Lipinski definition) is 0. The van der Waals surface area contributed by atoms with Crippen LogP contribution in [0, 0.1) is 6.92 Å². The highest BCUT2D eigenvalue weighted by Crippen LogP contribution is 2.15. The highest BCUT2D eigenvalue weighted by Gasteiger charge is 2.07. The Balaban J connectivity index is 2.54. The summed E-state index contributed by atoms with van der Waals surface area (Å²) in [6.45, 7) is 4.19. The summed E-state index contributed by atoms with van der Waals surface area (Å²) in [5, 5.41) is 4.33. The van der Waals surface area contributed by atoms with Crippen LogP contribution in [0.1, 0.15) is 18.2 Å². The summed E-state index contributed by atoms with van der Waals surface area (Å²) in [6, 6.07) is 5.82. The van der Waals surface area contributed by atoms with Crippen LogP contribution in [0.3, 0.4) is 0 Å². The summed E-state index contributed by atoms with van der Waals surface area (Å²) in [6.07, 6.45) is 2.83. The molecule has 15 heavy (non-hydrogen) atoms. The second-order valence-electron chi connectivity index (χ2n) is 3.36. The summed E-state index contributed by atoms with van der Waals surface area (Å²) in [4.78, 5) is 4.38. The largest absolute Gasteiger partial charge is 0.222 e. The number of halogens is 1. The van der Waals surface area contributed by atoms with Gasteiger partial charge in [0, 0.05) is 5.69 Å². The van der Waals surface area contributed by atoms with Crippen molar-refractivity contribution in [2.24, 2.45) is 0 Å². The van der Waals surface area contributed by atoms with Gasteiger partial charge in [0.25, 0.3) is 0 Å². The zero-order chi connectivity index (χ0) is 10.8. The quantitative estimate of drug-likeness (QED) is 0.782. The maximum Gasteiger partial charge on any atom is 0.154 e. The van der Waals surface area contributed by atoms with Crippen LogP contribution in [-0.2, 0) is 6.42 Å². The van der Waals surface area contributed by atoms with Crippen LogP contribution in [0.15, 0.2) is 29.0 Å². The van der Waals surface area contributed by atoms with E-state index >= 15 is 0 Å². The molecule has 4 heteroatoms. The van der Waals surface area contributed by atoms with E-state index in [0.717, 1.165) is 16.8 Å². The number of aromatic nitrogens is 3. The van der Waals surface area contributed by atoms with Gasteiger partial charge in [-0.25, -0.2) is 9.67 Å². The molecule has 2 aromatic rings. The zero-order valence-electron chi connectivity index (χ0n) is 8.74. The Morgan fingerprint density at radius 2 is 2.20 bits per heavy atom. The van der Waals surface area contributed by atoms with Crippen LogP contribution in [-0.4, -0.2) is 14.8 Å². The van der Waals surface area contributed by atoms with Crippen molar-refractivity contribution >= 4 is 15.9 Å². The first-order valence-electron chi connectivity index (χ1n) is 4.88. The van der Waals surface area contributed by atoms with Crippen LogP contribution in [0.2, 0.25) is 0 Å². The molecule has 0 fully saturated rings. The molecule has 0 aliphatic heterocycles. The lowest BCUT2D eigenvalue weighted by atomic mass is 10.2. The lowest BCUT2D eigenvalue weighted by molar-refractivity contribution is 0.785. The van der Waals surface area contributed by atoms with E-state index < -0.39 is 0 Å². The van der Waals surface area contributed by atoms with Gasteiger partial charge in [0.05, 0.1) is 6.20 Å². The molecule has 0 amide bonds. The predicted octanol–water partition coefficient (Wildman–Crippen LogP) is 2.90. The number of pyridine rings is 1. The SMILES string of the molecule is CCc1c(C)cnn1-c1cccc(Br)n1. The van der Waals surface area contributed by atoms with Gasteiger partial charge in [-0.2, -0.15) is 5.10 Å². The molecule has 2 rings (SSSR count). The summed E-state index contributed by atoms with van der Waals surface area (Å²) in [5.74, 6) is 0.856. The molecule has 0 aliphatic rings. The minimum Gasteiger partial charge on any atom is -0.222 e. The first-order chi connectivity index (χ1) is 7.22. The van der Waals surface area contributed by atoms with Gasteiger partial charge in [-0.3, -0.25) is 0 Å². The molecule has 0 unspecified atom stereocenters. The van der Waals surface area contributed by atoms with Crippen molar-refractivity contribution < 1.29 is 0 Å². The molecule has 2 aromatic heterocycles. The van der Waals surface area contributed by atoms with Crippen molar-refractivity contribution in [3.63, 3.8) is 0 Å². The molecular weight excluding hydrogens is 254 g/mol. The standard InChI is InChI=1S/C11H12BrN3/c1-3-9-8(2)7-13-15(9)11-6-4-5-10(12)14-11/h4-7H,3H2,1-2H3. The van der Waals surface area contributed by atoms with E-state index in [2.05, 4.69) is 39.9 Å². The maximum absolute atomic E-state index is 4.38. The molecular formula is C11H12BrN3. The van der Waals surface area contributed by atoms with Gasteiger partial charge in [-0.1, -0.05) is 13.0 Å². The molecule has 0 saturated carbocycles. The van der Waals surface area contributed by atoms with Gasteiger partial charge in [0.2, 0.25) is 0 Å². The molecule has 0 radical (unpaired) electrons. The first-order valence-corrected chi connectivity index (χ1v) is 5.68. The molecule has 0 spiro atoms. The molecule has 0 atom stereocenters. The van der Waals surface area contributed by atoms with E-state index in [1.54, 1.807) is 0 Å². The fourth-order valence-corrected chi connectivity index (χ4v) is 1.93. The summed E-state index contributed by atoms with van der Waals surface area (Å²) < 4.78 is 2.72. The Labute approximate surface area is 97.3 Å². The van der Waals surface area contributed by atoms with E-state index in [-0.39, 0.29) is 0 Å². The lowest BCUT2D eigenvalue weighted by Crippen LogP contribution is -2.04. The lowest BCUT2D eigenvalue weighted by Gasteiger charge is -2.05. The molecule has 0 saturated heterocycles. The fourth-order valence-electron chi connectivity index (χ4n) is 1.60. The molecule has 0 N–H and O–H groups in total. The van der Waals surface area contributed by atoms with Crippen LogP contribution < -0.4 is 0 Å². The Kier molecular flexibility index (Phi) is 2.86. The number of aryl methyl sites for hydroxylation is 1.